The SMILES string of the molecule is CS(=O)(=O)c1ccc(-c2cnn3cccnc23)cc1. The maximum atomic E-state index is 11.4. The van der Waals surface area contributed by atoms with Crippen molar-refractivity contribution in [3.8, 4) is 11.1 Å². The van der Waals surface area contributed by atoms with Gasteiger partial charge in [-0.1, -0.05) is 12.1 Å². The lowest BCUT2D eigenvalue weighted by Gasteiger charge is -2.01. The van der Waals surface area contributed by atoms with Gasteiger partial charge in [0.15, 0.2) is 15.5 Å². The number of rotatable bonds is 2. The zero-order valence-electron chi connectivity index (χ0n) is 10.2. The Hall–Kier alpha value is -2.21. The molecule has 0 aliphatic heterocycles. The predicted molar refractivity (Wildman–Crippen MR) is 71.5 cm³/mol. The molecule has 0 spiro atoms. The van der Waals surface area contributed by atoms with Gasteiger partial charge in [0.25, 0.3) is 0 Å². The van der Waals surface area contributed by atoms with Gasteiger partial charge in [0, 0.05) is 24.2 Å². The lowest BCUT2D eigenvalue weighted by molar-refractivity contribution is 0.602. The minimum Gasteiger partial charge on any atom is -0.236 e. The number of benzene rings is 1. The smallest absolute Gasteiger partial charge is 0.175 e. The van der Waals surface area contributed by atoms with Crippen LogP contribution in [0, 0.1) is 0 Å². The zero-order valence-corrected chi connectivity index (χ0v) is 11.0. The van der Waals surface area contributed by atoms with E-state index in [0.717, 1.165) is 16.8 Å². The summed E-state index contributed by atoms with van der Waals surface area (Å²) >= 11 is 0. The number of hydrogen-bond donors (Lipinski definition) is 0. The standard InChI is InChI=1S/C13H11N3O2S/c1-19(17,18)11-5-3-10(4-6-11)12-9-15-16-8-2-7-14-13(12)16/h2-9H,1H3. The molecule has 0 atom stereocenters. The Morgan fingerprint density at radius 3 is 2.58 bits per heavy atom. The van der Waals surface area contributed by atoms with Gasteiger partial charge >= 0.3 is 0 Å². The first-order valence-corrected chi connectivity index (χ1v) is 7.54. The Labute approximate surface area is 110 Å². The van der Waals surface area contributed by atoms with E-state index in [1.807, 2.05) is 6.20 Å². The molecule has 0 amide bonds. The molecule has 0 unspecified atom stereocenters. The van der Waals surface area contributed by atoms with Crippen LogP contribution < -0.4 is 0 Å². The molecular formula is C13H11N3O2S. The van der Waals surface area contributed by atoms with E-state index in [9.17, 15) is 8.42 Å². The van der Waals surface area contributed by atoms with E-state index in [4.69, 9.17) is 0 Å². The van der Waals surface area contributed by atoms with Crippen molar-refractivity contribution in [1.82, 2.24) is 14.6 Å². The first kappa shape index (κ1) is 11.9. The van der Waals surface area contributed by atoms with Gasteiger partial charge in [0.1, 0.15) is 0 Å². The molecule has 0 aliphatic carbocycles. The van der Waals surface area contributed by atoms with Gasteiger partial charge in [-0.25, -0.2) is 17.9 Å². The second-order valence-corrected chi connectivity index (χ2v) is 6.26. The second kappa shape index (κ2) is 4.17. The molecular weight excluding hydrogens is 262 g/mol. The van der Waals surface area contributed by atoms with Crippen molar-refractivity contribution in [1.29, 1.82) is 0 Å². The van der Waals surface area contributed by atoms with E-state index < -0.39 is 9.84 Å². The molecule has 6 heteroatoms. The van der Waals surface area contributed by atoms with Gasteiger partial charge < -0.3 is 0 Å². The fraction of sp³-hybridized carbons (Fsp3) is 0.0769. The number of fused-ring (bicyclic) bond motifs is 1. The molecule has 0 bridgehead atoms. The van der Waals surface area contributed by atoms with Crippen LogP contribution in [0.15, 0.2) is 53.8 Å². The maximum Gasteiger partial charge on any atom is 0.175 e. The fourth-order valence-electron chi connectivity index (χ4n) is 1.91. The highest BCUT2D eigenvalue weighted by molar-refractivity contribution is 7.90. The molecule has 3 rings (SSSR count). The van der Waals surface area contributed by atoms with Gasteiger partial charge in [-0.05, 0) is 23.8 Å². The molecule has 19 heavy (non-hydrogen) atoms. The summed E-state index contributed by atoms with van der Waals surface area (Å²) in [5.74, 6) is 0. The van der Waals surface area contributed by atoms with Crippen LogP contribution >= 0.6 is 0 Å². The molecule has 5 nitrogen and oxygen atoms in total. The van der Waals surface area contributed by atoms with E-state index >= 15 is 0 Å². The number of aromatic nitrogens is 3. The largest absolute Gasteiger partial charge is 0.236 e. The van der Waals surface area contributed by atoms with Crippen molar-refractivity contribution in [3.63, 3.8) is 0 Å². The van der Waals surface area contributed by atoms with Gasteiger partial charge in [-0.15, -0.1) is 0 Å². The van der Waals surface area contributed by atoms with E-state index in [1.54, 1.807) is 47.2 Å². The third-order valence-corrected chi connectivity index (χ3v) is 4.00. The van der Waals surface area contributed by atoms with Gasteiger partial charge in [-0.2, -0.15) is 5.10 Å². The van der Waals surface area contributed by atoms with Gasteiger partial charge in [0.2, 0.25) is 0 Å². The predicted octanol–water partition coefficient (Wildman–Crippen LogP) is 1.80. The average molecular weight is 273 g/mol. The molecule has 0 N–H and O–H groups in total. The van der Waals surface area contributed by atoms with Crippen LogP contribution in [0.25, 0.3) is 16.8 Å². The summed E-state index contributed by atoms with van der Waals surface area (Å²) in [6, 6.07) is 8.52. The highest BCUT2D eigenvalue weighted by atomic mass is 32.2. The summed E-state index contributed by atoms with van der Waals surface area (Å²) in [6.07, 6.45) is 6.43. The highest BCUT2D eigenvalue weighted by Gasteiger charge is 2.10. The second-order valence-electron chi connectivity index (χ2n) is 4.24. The summed E-state index contributed by atoms with van der Waals surface area (Å²) in [7, 11) is -3.17. The molecule has 2 aromatic heterocycles. The minimum absolute atomic E-state index is 0.306. The van der Waals surface area contributed by atoms with Crippen molar-refractivity contribution in [2.45, 2.75) is 4.90 Å². The molecule has 0 radical (unpaired) electrons. The summed E-state index contributed by atoms with van der Waals surface area (Å²) in [5.41, 5.74) is 2.51. The van der Waals surface area contributed by atoms with E-state index in [1.165, 1.54) is 6.26 Å². The molecule has 0 aliphatic rings. The van der Waals surface area contributed by atoms with Crippen LogP contribution in [0.2, 0.25) is 0 Å². The first-order valence-electron chi connectivity index (χ1n) is 5.64. The van der Waals surface area contributed by atoms with Crippen LogP contribution in [0.1, 0.15) is 0 Å². The Balaban J connectivity index is 2.12. The summed E-state index contributed by atoms with van der Waals surface area (Å²) in [5, 5.41) is 4.20. The van der Waals surface area contributed by atoms with Crippen LogP contribution in [0.3, 0.4) is 0 Å². The topological polar surface area (TPSA) is 64.3 Å². The molecule has 0 saturated heterocycles. The number of nitrogens with zero attached hydrogens (tertiary/aromatic N) is 3. The zero-order chi connectivity index (χ0) is 13.5. The van der Waals surface area contributed by atoms with Crippen molar-refractivity contribution < 1.29 is 8.42 Å². The molecule has 1 aromatic carbocycles. The Kier molecular flexibility index (Phi) is 2.60. The Bertz CT molecular complexity index is 836. The summed E-state index contributed by atoms with van der Waals surface area (Å²) in [4.78, 5) is 4.58. The van der Waals surface area contributed by atoms with Gasteiger partial charge in [-0.3, -0.25) is 0 Å². The van der Waals surface area contributed by atoms with Crippen LogP contribution in [-0.4, -0.2) is 29.3 Å². The fourth-order valence-corrected chi connectivity index (χ4v) is 2.54. The third-order valence-electron chi connectivity index (χ3n) is 2.87. The molecule has 0 saturated carbocycles. The minimum atomic E-state index is -3.17. The average Bonchev–Trinajstić information content (AvgIpc) is 2.82. The Morgan fingerprint density at radius 1 is 1.16 bits per heavy atom. The van der Waals surface area contributed by atoms with E-state index in [-0.39, 0.29) is 0 Å². The molecule has 3 aromatic rings. The van der Waals surface area contributed by atoms with Crippen molar-refractivity contribution in [3.05, 3.63) is 48.9 Å². The van der Waals surface area contributed by atoms with Crippen LogP contribution in [-0.2, 0) is 9.84 Å². The lowest BCUT2D eigenvalue weighted by atomic mass is 10.1. The molecule has 2 heterocycles. The highest BCUT2D eigenvalue weighted by Crippen LogP contribution is 2.24. The summed E-state index contributed by atoms with van der Waals surface area (Å²) < 4.78 is 24.5. The van der Waals surface area contributed by atoms with Gasteiger partial charge in [0.05, 0.1) is 11.1 Å². The number of hydrogen-bond acceptors (Lipinski definition) is 4. The van der Waals surface area contributed by atoms with Crippen LogP contribution in [0.5, 0.6) is 0 Å². The molecule has 0 fully saturated rings. The van der Waals surface area contributed by atoms with E-state index in [0.29, 0.717) is 4.90 Å². The normalized spacial score (nSPS) is 11.8. The summed E-state index contributed by atoms with van der Waals surface area (Å²) in [6.45, 7) is 0. The van der Waals surface area contributed by atoms with E-state index in [2.05, 4.69) is 10.1 Å². The lowest BCUT2D eigenvalue weighted by Crippen LogP contribution is -1.96. The van der Waals surface area contributed by atoms with Crippen molar-refractivity contribution in [2.24, 2.45) is 0 Å². The monoisotopic (exact) mass is 273 g/mol. The first-order chi connectivity index (χ1) is 9.05. The number of sulfone groups is 1. The quantitative estimate of drug-likeness (QED) is 0.714. The maximum absolute atomic E-state index is 11.4. The van der Waals surface area contributed by atoms with Crippen molar-refractivity contribution >= 4 is 15.5 Å². The van der Waals surface area contributed by atoms with Crippen molar-refractivity contribution in [2.75, 3.05) is 6.26 Å². The molecule has 96 valence electrons. The third kappa shape index (κ3) is 2.10. The van der Waals surface area contributed by atoms with Crippen LogP contribution in [0.4, 0.5) is 0 Å². The Morgan fingerprint density at radius 2 is 1.89 bits per heavy atom.